The molecule has 0 amide bonds. The molecule has 2 heterocycles. The summed E-state index contributed by atoms with van der Waals surface area (Å²) in [6.07, 6.45) is 5.36. The lowest BCUT2D eigenvalue weighted by molar-refractivity contribution is 1.03. The summed E-state index contributed by atoms with van der Waals surface area (Å²) in [4.78, 5) is 6.84. The van der Waals surface area contributed by atoms with Crippen molar-refractivity contribution in [1.82, 2.24) is 14.5 Å². The molecule has 11 heavy (non-hydrogen) atoms. The molecular formula is C7H8N4. The molecule has 0 aromatic carbocycles. The maximum Gasteiger partial charge on any atom is 0.179 e. The molecule has 0 saturated carbocycles. The molecule has 4 nitrogen and oxygen atoms in total. The Morgan fingerprint density at radius 3 is 2.64 bits per heavy atom. The fourth-order valence-electron chi connectivity index (χ4n) is 0.979. The van der Waals surface area contributed by atoms with E-state index in [-0.39, 0.29) is 0 Å². The lowest BCUT2D eigenvalue weighted by Crippen LogP contribution is -1.95. The Morgan fingerprint density at radius 2 is 2.09 bits per heavy atom. The monoisotopic (exact) mass is 148 g/mol. The van der Waals surface area contributed by atoms with E-state index in [1.54, 1.807) is 6.33 Å². The molecule has 0 bridgehead atoms. The molecule has 0 fully saturated rings. The van der Waals surface area contributed by atoms with E-state index in [2.05, 4.69) is 9.97 Å². The summed E-state index contributed by atoms with van der Waals surface area (Å²) in [5.41, 5.74) is 5.59. The Morgan fingerprint density at radius 1 is 1.36 bits per heavy atom. The predicted molar refractivity (Wildman–Crippen MR) is 42.3 cm³/mol. The second-order valence-corrected chi connectivity index (χ2v) is 2.23. The molecule has 0 radical (unpaired) electrons. The van der Waals surface area contributed by atoms with Crippen LogP contribution in [-0.2, 0) is 0 Å². The largest absolute Gasteiger partial charge is 0.382 e. The number of H-pyrrole nitrogens is 1. The fourth-order valence-corrected chi connectivity index (χ4v) is 0.979. The Balaban J connectivity index is 2.53. The van der Waals surface area contributed by atoms with Gasteiger partial charge in [-0.15, -0.1) is 0 Å². The van der Waals surface area contributed by atoms with E-state index in [9.17, 15) is 0 Å². The van der Waals surface area contributed by atoms with E-state index in [0.717, 1.165) is 5.82 Å². The van der Waals surface area contributed by atoms with Crippen LogP contribution in [0.5, 0.6) is 0 Å². The van der Waals surface area contributed by atoms with E-state index in [0.29, 0.717) is 5.82 Å². The van der Waals surface area contributed by atoms with Crippen LogP contribution in [0.1, 0.15) is 0 Å². The molecule has 0 saturated heterocycles. The van der Waals surface area contributed by atoms with Gasteiger partial charge in [-0.25, -0.2) is 4.98 Å². The zero-order chi connectivity index (χ0) is 7.68. The molecule has 2 aromatic heterocycles. The minimum absolute atomic E-state index is 0.584. The quantitative estimate of drug-likeness (QED) is 0.627. The highest BCUT2D eigenvalue weighted by Crippen LogP contribution is 2.10. The van der Waals surface area contributed by atoms with Gasteiger partial charge in [0, 0.05) is 12.4 Å². The van der Waals surface area contributed by atoms with Crippen LogP contribution < -0.4 is 5.73 Å². The summed E-state index contributed by atoms with van der Waals surface area (Å²) in [7, 11) is 0. The second kappa shape index (κ2) is 2.16. The van der Waals surface area contributed by atoms with Gasteiger partial charge in [0.1, 0.15) is 5.82 Å². The van der Waals surface area contributed by atoms with Gasteiger partial charge in [0.05, 0.1) is 6.33 Å². The van der Waals surface area contributed by atoms with E-state index in [4.69, 9.17) is 5.73 Å². The predicted octanol–water partition coefficient (Wildman–Crippen LogP) is 0.783. The molecular weight excluding hydrogens is 140 g/mol. The summed E-state index contributed by atoms with van der Waals surface area (Å²) >= 11 is 0. The maximum absolute atomic E-state index is 5.59. The highest BCUT2D eigenvalue weighted by Gasteiger charge is 2.00. The third kappa shape index (κ3) is 0.881. The van der Waals surface area contributed by atoms with Gasteiger partial charge in [-0.05, 0) is 12.1 Å². The van der Waals surface area contributed by atoms with Crippen molar-refractivity contribution in [2.24, 2.45) is 0 Å². The van der Waals surface area contributed by atoms with Gasteiger partial charge >= 0.3 is 0 Å². The molecule has 0 aliphatic heterocycles. The SMILES string of the molecule is Nc1[nH]cnc1-n1cccc1. The van der Waals surface area contributed by atoms with Crippen molar-refractivity contribution in [2.45, 2.75) is 0 Å². The third-order valence-corrected chi connectivity index (χ3v) is 1.50. The van der Waals surface area contributed by atoms with Crippen LogP contribution in [0.15, 0.2) is 30.9 Å². The van der Waals surface area contributed by atoms with E-state index >= 15 is 0 Å². The van der Waals surface area contributed by atoms with Crippen molar-refractivity contribution in [2.75, 3.05) is 5.73 Å². The van der Waals surface area contributed by atoms with Crippen molar-refractivity contribution < 1.29 is 0 Å². The van der Waals surface area contributed by atoms with Gasteiger partial charge in [0.2, 0.25) is 0 Å². The smallest absolute Gasteiger partial charge is 0.179 e. The van der Waals surface area contributed by atoms with Crippen LogP contribution in [0.3, 0.4) is 0 Å². The molecule has 0 unspecified atom stereocenters. The highest BCUT2D eigenvalue weighted by molar-refractivity contribution is 5.46. The van der Waals surface area contributed by atoms with Crippen LogP contribution in [-0.4, -0.2) is 14.5 Å². The molecule has 2 rings (SSSR count). The number of nitrogens with zero attached hydrogens (tertiary/aromatic N) is 2. The van der Waals surface area contributed by atoms with E-state index < -0.39 is 0 Å². The number of nitrogens with two attached hydrogens (primary N) is 1. The topological polar surface area (TPSA) is 59.6 Å². The van der Waals surface area contributed by atoms with Gasteiger partial charge in [0.15, 0.2) is 5.82 Å². The van der Waals surface area contributed by atoms with Gasteiger partial charge in [-0.2, -0.15) is 0 Å². The summed E-state index contributed by atoms with van der Waals surface area (Å²) in [5, 5.41) is 0. The highest BCUT2D eigenvalue weighted by atomic mass is 15.1. The molecule has 3 N–H and O–H groups in total. The number of rotatable bonds is 1. The zero-order valence-corrected chi connectivity index (χ0v) is 5.86. The number of aromatic nitrogens is 3. The van der Waals surface area contributed by atoms with Crippen LogP contribution in [0.25, 0.3) is 5.82 Å². The number of aromatic amines is 1. The van der Waals surface area contributed by atoms with Crippen molar-refractivity contribution in [3.8, 4) is 5.82 Å². The third-order valence-electron chi connectivity index (χ3n) is 1.50. The first kappa shape index (κ1) is 6.03. The van der Waals surface area contributed by atoms with E-state index in [1.165, 1.54) is 0 Å². The number of hydrogen-bond donors (Lipinski definition) is 2. The van der Waals surface area contributed by atoms with Gasteiger partial charge < -0.3 is 15.3 Å². The molecule has 0 spiro atoms. The molecule has 2 aromatic rings. The number of nitrogens with one attached hydrogen (secondary N) is 1. The average Bonchev–Trinajstić information content (AvgIpc) is 2.55. The minimum Gasteiger partial charge on any atom is -0.382 e. The normalized spacial score (nSPS) is 10.2. The van der Waals surface area contributed by atoms with Crippen LogP contribution in [0, 0.1) is 0 Å². The fraction of sp³-hybridized carbons (Fsp3) is 0. The second-order valence-electron chi connectivity index (χ2n) is 2.23. The summed E-state index contributed by atoms with van der Waals surface area (Å²) in [5.74, 6) is 1.33. The lowest BCUT2D eigenvalue weighted by atomic mass is 10.6. The molecule has 56 valence electrons. The first-order valence-electron chi connectivity index (χ1n) is 3.30. The number of imidazole rings is 1. The zero-order valence-electron chi connectivity index (χ0n) is 5.86. The van der Waals surface area contributed by atoms with Crippen molar-refractivity contribution in [3.63, 3.8) is 0 Å². The Kier molecular flexibility index (Phi) is 1.18. The van der Waals surface area contributed by atoms with Gasteiger partial charge in [0.25, 0.3) is 0 Å². The standard InChI is InChI=1S/C7H8N4/c8-6-7(10-5-9-6)11-3-1-2-4-11/h1-5H,8H2,(H,9,10). The average molecular weight is 148 g/mol. The minimum atomic E-state index is 0.584. The molecule has 0 atom stereocenters. The molecule has 0 aliphatic rings. The molecule has 0 aliphatic carbocycles. The first-order chi connectivity index (χ1) is 5.38. The van der Waals surface area contributed by atoms with Gasteiger partial charge in [-0.1, -0.05) is 0 Å². The first-order valence-corrected chi connectivity index (χ1v) is 3.30. The summed E-state index contributed by atoms with van der Waals surface area (Å²) in [6.45, 7) is 0. The Labute approximate surface area is 63.7 Å². The van der Waals surface area contributed by atoms with Gasteiger partial charge in [-0.3, -0.25) is 0 Å². The number of hydrogen-bond acceptors (Lipinski definition) is 2. The molecule has 4 heteroatoms. The lowest BCUT2D eigenvalue weighted by Gasteiger charge is -1.96. The Hall–Kier alpha value is -1.71. The summed E-state index contributed by atoms with van der Waals surface area (Å²) in [6, 6.07) is 3.85. The van der Waals surface area contributed by atoms with E-state index in [1.807, 2.05) is 29.1 Å². The van der Waals surface area contributed by atoms with Crippen molar-refractivity contribution >= 4 is 5.82 Å². The Bertz CT molecular complexity index is 333. The van der Waals surface area contributed by atoms with Crippen LogP contribution >= 0.6 is 0 Å². The van der Waals surface area contributed by atoms with Crippen molar-refractivity contribution in [1.29, 1.82) is 0 Å². The van der Waals surface area contributed by atoms with Crippen LogP contribution in [0.4, 0.5) is 5.82 Å². The number of nitrogen functional groups attached to an aromatic ring is 1. The number of anilines is 1. The van der Waals surface area contributed by atoms with Crippen molar-refractivity contribution in [3.05, 3.63) is 30.9 Å². The van der Waals surface area contributed by atoms with Crippen LogP contribution in [0.2, 0.25) is 0 Å². The summed E-state index contributed by atoms with van der Waals surface area (Å²) < 4.78 is 1.85. The maximum atomic E-state index is 5.59.